The van der Waals surface area contributed by atoms with Crippen LogP contribution in [0.15, 0.2) is 12.2 Å². The van der Waals surface area contributed by atoms with Gasteiger partial charge in [-0.25, -0.2) is 0 Å². The Balaban J connectivity index is 1.99. The maximum atomic E-state index is 3.57. The van der Waals surface area contributed by atoms with Gasteiger partial charge >= 0.3 is 0 Å². The van der Waals surface area contributed by atoms with Crippen LogP contribution in [-0.2, 0) is 0 Å². The molecular weight excluding hydrogens is 184 g/mol. The van der Waals surface area contributed by atoms with Gasteiger partial charge in [0, 0.05) is 19.1 Å². The normalized spacial score (nSPS) is 21.5. The van der Waals surface area contributed by atoms with Crippen molar-refractivity contribution in [1.82, 2.24) is 10.2 Å². The van der Waals surface area contributed by atoms with Crippen molar-refractivity contribution < 1.29 is 0 Å². The molecular formula is C13H26N2. The minimum Gasteiger partial charge on any atom is -0.315 e. The number of hydrogen-bond acceptors (Lipinski definition) is 2. The summed E-state index contributed by atoms with van der Waals surface area (Å²) in [5.41, 5.74) is 0. The summed E-state index contributed by atoms with van der Waals surface area (Å²) in [5.74, 6) is 0.874. The van der Waals surface area contributed by atoms with Crippen LogP contribution in [0.3, 0.4) is 0 Å². The van der Waals surface area contributed by atoms with Crippen molar-refractivity contribution in [2.45, 2.75) is 39.2 Å². The standard InChI is InChI=1S/C13H26N2/c1-12(2)15(3)10-9-14-11-13-7-5-4-6-8-13/h4-5,12-14H,6-11H2,1-3H3. The number of allylic oxidation sites excluding steroid dienone is 2. The summed E-state index contributed by atoms with van der Waals surface area (Å²) < 4.78 is 0. The van der Waals surface area contributed by atoms with Crippen LogP contribution in [0.5, 0.6) is 0 Å². The number of likely N-dealkylation sites (N-methyl/N-ethyl adjacent to an activating group) is 1. The summed E-state index contributed by atoms with van der Waals surface area (Å²) in [7, 11) is 2.19. The molecule has 1 aliphatic rings. The molecule has 0 aromatic rings. The van der Waals surface area contributed by atoms with Gasteiger partial charge in [-0.1, -0.05) is 12.2 Å². The van der Waals surface area contributed by atoms with E-state index in [9.17, 15) is 0 Å². The second-order valence-electron chi connectivity index (χ2n) is 4.93. The van der Waals surface area contributed by atoms with Gasteiger partial charge in [0.2, 0.25) is 0 Å². The highest BCUT2D eigenvalue weighted by Crippen LogP contribution is 2.16. The summed E-state index contributed by atoms with van der Waals surface area (Å²) in [4.78, 5) is 2.38. The minimum atomic E-state index is 0.657. The van der Waals surface area contributed by atoms with Crippen LogP contribution in [-0.4, -0.2) is 37.6 Å². The van der Waals surface area contributed by atoms with E-state index in [0.717, 1.165) is 19.0 Å². The largest absolute Gasteiger partial charge is 0.315 e. The zero-order chi connectivity index (χ0) is 11.1. The highest BCUT2D eigenvalue weighted by molar-refractivity contribution is 4.90. The molecule has 0 saturated carbocycles. The van der Waals surface area contributed by atoms with Gasteiger partial charge in [0.25, 0.3) is 0 Å². The Kier molecular flexibility index (Phi) is 5.96. The molecule has 0 aromatic heterocycles. The van der Waals surface area contributed by atoms with Crippen molar-refractivity contribution in [2.24, 2.45) is 5.92 Å². The second-order valence-corrected chi connectivity index (χ2v) is 4.93. The van der Waals surface area contributed by atoms with Crippen LogP contribution in [0.4, 0.5) is 0 Å². The third-order valence-electron chi connectivity index (χ3n) is 3.33. The van der Waals surface area contributed by atoms with E-state index >= 15 is 0 Å². The summed E-state index contributed by atoms with van der Waals surface area (Å²) in [6.45, 7) is 7.95. The lowest BCUT2D eigenvalue weighted by molar-refractivity contribution is 0.270. The van der Waals surface area contributed by atoms with Gasteiger partial charge in [-0.3, -0.25) is 0 Å². The average Bonchev–Trinajstić information content (AvgIpc) is 2.25. The van der Waals surface area contributed by atoms with Crippen molar-refractivity contribution in [3.63, 3.8) is 0 Å². The maximum absolute atomic E-state index is 3.57. The monoisotopic (exact) mass is 210 g/mol. The van der Waals surface area contributed by atoms with Crippen LogP contribution < -0.4 is 5.32 Å². The zero-order valence-corrected chi connectivity index (χ0v) is 10.5. The molecule has 1 N–H and O–H groups in total. The number of hydrogen-bond donors (Lipinski definition) is 1. The summed E-state index contributed by atoms with van der Waals surface area (Å²) in [6, 6.07) is 0.657. The number of nitrogens with one attached hydrogen (secondary N) is 1. The Bertz CT molecular complexity index is 187. The van der Waals surface area contributed by atoms with Crippen LogP contribution >= 0.6 is 0 Å². The van der Waals surface area contributed by atoms with E-state index in [2.05, 4.69) is 43.3 Å². The molecule has 1 rings (SSSR count). The van der Waals surface area contributed by atoms with Crippen molar-refractivity contribution in [3.05, 3.63) is 12.2 Å². The first-order valence-corrected chi connectivity index (χ1v) is 6.26. The zero-order valence-electron chi connectivity index (χ0n) is 10.5. The highest BCUT2D eigenvalue weighted by Gasteiger charge is 2.09. The molecule has 1 aliphatic carbocycles. The van der Waals surface area contributed by atoms with Gasteiger partial charge in [-0.15, -0.1) is 0 Å². The van der Waals surface area contributed by atoms with E-state index in [0.29, 0.717) is 6.04 Å². The molecule has 15 heavy (non-hydrogen) atoms. The average molecular weight is 210 g/mol. The van der Waals surface area contributed by atoms with E-state index in [4.69, 9.17) is 0 Å². The molecule has 0 aliphatic heterocycles. The Morgan fingerprint density at radius 1 is 1.40 bits per heavy atom. The van der Waals surface area contributed by atoms with Gasteiger partial charge in [-0.05, 0) is 52.6 Å². The Hall–Kier alpha value is -0.340. The first kappa shape index (κ1) is 12.7. The Labute approximate surface area is 94.7 Å². The van der Waals surface area contributed by atoms with E-state index in [1.807, 2.05) is 0 Å². The van der Waals surface area contributed by atoms with E-state index in [1.165, 1.54) is 25.8 Å². The summed E-state index contributed by atoms with van der Waals surface area (Å²) >= 11 is 0. The third-order valence-corrected chi connectivity index (χ3v) is 3.33. The fourth-order valence-electron chi connectivity index (χ4n) is 1.86. The van der Waals surface area contributed by atoms with Crippen LogP contribution in [0, 0.1) is 5.92 Å². The maximum Gasteiger partial charge on any atom is 0.0106 e. The van der Waals surface area contributed by atoms with Gasteiger partial charge in [-0.2, -0.15) is 0 Å². The van der Waals surface area contributed by atoms with E-state index in [1.54, 1.807) is 0 Å². The third kappa shape index (κ3) is 5.33. The van der Waals surface area contributed by atoms with Gasteiger partial charge in [0.1, 0.15) is 0 Å². The van der Waals surface area contributed by atoms with Gasteiger partial charge in [0.15, 0.2) is 0 Å². The first-order valence-electron chi connectivity index (χ1n) is 6.26. The molecule has 0 amide bonds. The lowest BCUT2D eigenvalue weighted by Crippen LogP contribution is -2.35. The molecule has 0 bridgehead atoms. The fraction of sp³-hybridized carbons (Fsp3) is 0.846. The lowest BCUT2D eigenvalue weighted by atomic mass is 9.94. The summed E-state index contributed by atoms with van der Waals surface area (Å²) in [5, 5.41) is 3.57. The molecule has 2 heteroatoms. The van der Waals surface area contributed by atoms with Gasteiger partial charge in [0.05, 0.1) is 0 Å². The fourth-order valence-corrected chi connectivity index (χ4v) is 1.86. The Morgan fingerprint density at radius 2 is 2.20 bits per heavy atom. The quantitative estimate of drug-likeness (QED) is 0.534. The predicted molar refractivity (Wildman–Crippen MR) is 67.1 cm³/mol. The first-order chi connectivity index (χ1) is 7.20. The van der Waals surface area contributed by atoms with Crippen molar-refractivity contribution in [2.75, 3.05) is 26.7 Å². The predicted octanol–water partition coefficient (Wildman–Crippen LogP) is 2.27. The molecule has 0 fully saturated rings. The molecule has 0 aromatic carbocycles. The SMILES string of the molecule is CC(C)N(C)CCNCC1CC=CCC1. The van der Waals surface area contributed by atoms with Crippen molar-refractivity contribution >= 4 is 0 Å². The summed E-state index contributed by atoms with van der Waals surface area (Å²) in [6.07, 6.45) is 8.55. The molecule has 0 saturated heterocycles. The number of nitrogens with zero attached hydrogens (tertiary/aromatic N) is 1. The van der Waals surface area contributed by atoms with Crippen LogP contribution in [0.25, 0.3) is 0 Å². The molecule has 0 spiro atoms. The number of rotatable bonds is 6. The van der Waals surface area contributed by atoms with Crippen LogP contribution in [0.1, 0.15) is 33.1 Å². The minimum absolute atomic E-state index is 0.657. The van der Waals surface area contributed by atoms with Crippen molar-refractivity contribution in [1.29, 1.82) is 0 Å². The lowest BCUT2D eigenvalue weighted by Gasteiger charge is -2.22. The molecule has 1 atom stereocenters. The topological polar surface area (TPSA) is 15.3 Å². The van der Waals surface area contributed by atoms with Crippen molar-refractivity contribution in [3.8, 4) is 0 Å². The molecule has 2 nitrogen and oxygen atoms in total. The molecule has 1 unspecified atom stereocenters. The molecule has 88 valence electrons. The smallest absolute Gasteiger partial charge is 0.0106 e. The Morgan fingerprint density at radius 3 is 2.80 bits per heavy atom. The van der Waals surface area contributed by atoms with E-state index in [-0.39, 0.29) is 0 Å². The van der Waals surface area contributed by atoms with Crippen LogP contribution in [0.2, 0.25) is 0 Å². The van der Waals surface area contributed by atoms with Gasteiger partial charge < -0.3 is 10.2 Å². The highest BCUT2D eigenvalue weighted by atomic mass is 15.1. The van der Waals surface area contributed by atoms with E-state index < -0.39 is 0 Å². The molecule has 0 heterocycles. The second kappa shape index (κ2) is 7.02. The molecule has 0 radical (unpaired) electrons.